The molecular formula is C16H24FN. The van der Waals surface area contributed by atoms with Crippen molar-refractivity contribution in [2.24, 2.45) is 5.41 Å². The van der Waals surface area contributed by atoms with Crippen LogP contribution in [0.2, 0.25) is 0 Å². The smallest absolute Gasteiger partial charge is 0.126 e. The zero-order valence-corrected chi connectivity index (χ0v) is 11.7. The van der Waals surface area contributed by atoms with Gasteiger partial charge in [0.2, 0.25) is 0 Å². The number of rotatable bonds is 3. The quantitative estimate of drug-likeness (QED) is 0.847. The van der Waals surface area contributed by atoms with Crippen molar-refractivity contribution < 1.29 is 4.39 Å². The van der Waals surface area contributed by atoms with E-state index in [1.165, 1.54) is 25.7 Å². The maximum Gasteiger partial charge on any atom is 0.126 e. The number of hydrogen-bond acceptors (Lipinski definition) is 1. The molecule has 0 amide bonds. The highest BCUT2D eigenvalue weighted by atomic mass is 19.1. The molecule has 1 N–H and O–H groups in total. The molecule has 1 saturated carbocycles. The van der Waals surface area contributed by atoms with Gasteiger partial charge in [-0.25, -0.2) is 4.39 Å². The molecule has 1 aromatic rings. The van der Waals surface area contributed by atoms with Crippen LogP contribution < -0.4 is 5.32 Å². The average Bonchev–Trinajstić information content (AvgIpc) is 2.31. The van der Waals surface area contributed by atoms with Crippen molar-refractivity contribution in [1.82, 2.24) is 5.32 Å². The first-order chi connectivity index (χ1) is 8.49. The van der Waals surface area contributed by atoms with Gasteiger partial charge in [0.1, 0.15) is 5.82 Å². The van der Waals surface area contributed by atoms with Crippen molar-refractivity contribution in [3.8, 4) is 0 Å². The summed E-state index contributed by atoms with van der Waals surface area (Å²) < 4.78 is 13.5. The summed E-state index contributed by atoms with van der Waals surface area (Å²) in [7, 11) is 0. The monoisotopic (exact) mass is 249 g/mol. The molecule has 0 heterocycles. The lowest BCUT2D eigenvalue weighted by molar-refractivity contribution is 0.166. The molecule has 1 aromatic carbocycles. The van der Waals surface area contributed by atoms with Crippen LogP contribution in [0.1, 0.15) is 50.7 Å². The van der Waals surface area contributed by atoms with E-state index in [0.29, 0.717) is 11.5 Å². The van der Waals surface area contributed by atoms with Gasteiger partial charge in [0.25, 0.3) is 0 Å². The Morgan fingerprint density at radius 1 is 1.33 bits per heavy atom. The second kappa shape index (κ2) is 5.40. The Balaban J connectivity index is 1.96. The van der Waals surface area contributed by atoms with Gasteiger partial charge >= 0.3 is 0 Å². The second-order valence-corrected chi connectivity index (χ2v) is 6.25. The first kappa shape index (κ1) is 13.5. The molecular weight excluding hydrogens is 225 g/mol. The minimum absolute atomic E-state index is 0.0998. The average molecular weight is 249 g/mol. The van der Waals surface area contributed by atoms with Crippen LogP contribution in [0.4, 0.5) is 4.39 Å². The molecule has 0 aliphatic heterocycles. The Morgan fingerprint density at radius 2 is 2.11 bits per heavy atom. The Labute approximate surface area is 110 Å². The lowest BCUT2D eigenvalue weighted by Gasteiger charge is -2.39. The third-order valence-electron chi connectivity index (χ3n) is 4.30. The molecule has 1 nitrogen and oxygen atoms in total. The van der Waals surface area contributed by atoms with Crippen molar-refractivity contribution in [3.05, 3.63) is 35.1 Å². The van der Waals surface area contributed by atoms with Crippen molar-refractivity contribution in [2.75, 3.05) is 0 Å². The molecule has 1 aliphatic carbocycles. The number of aryl methyl sites for hydroxylation is 1. The zero-order valence-electron chi connectivity index (χ0n) is 11.7. The maximum atomic E-state index is 13.5. The molecule has 2 heteroatoms. The lowest BCUT2D eigenvalue weighted by atomic mass is 9.73. The predicted molar refractivity (Wildman–Crippen MR) is 74.0 cm³/mol. The summed E-state index contributed by atoms with van der Waals surface area (Å²) in [5.41, 5.74) is 2.12. The van der Waals surface area contributed by atoms with Crippen molar-refractivity contribution >= 4 is 0 Å². The molecule has 1 unspecified atom stereocenters. The summed E-state index contributed by atoms with van der Waals surface area (Å²) in [6, 6.07) is 6.08. The van der Waals surface area contributed by atoms with Gasteiger partial charge in [-0.1, -0.05) is 38.8 Å². The highest BCUT2D eigenvalue weighted by Gasteiger charge is 2.31. The summed E-state index contributed by atoms with van der Waals surface area (Å²) in [5, 5.41) is 3.61. The van der Waals surface area contributed by atoms with Gasteiger partial charge in [-0.3, -0.25) is 0 Å². The molecule has 0 saturated heterocycles. The van der Waals surface area contributed by atoms with E-state index in [0.717, 1.165) is 17.7 Å². The van der Waals surface area contributed by atoms with Gasteiger partial charge in [-0.15, -0.1) is 0 Å². The normalized spacial score (nSPS) is 23.0. The number of halogens is 1. The molecule has 0 radical (unpaired) electrons. The molecule has 1 atom stereocenters. The van der Waals surface area contributed by atoms with Crippen molar-refractivity contribution in [2.45, 2.75) is 59.0 Å². The summed E-state index contributed by atoms with van der Waals surface area (Å²) in [5.74, 6) is -0.0998. The summed E-state index contributed by atoms with van der Waals surface area (Å²) in [4.78, 5) is 0. The lowest BCUT2D eigenvalue weighted by Crippen LogP contribution is -2.43. The molecule has 0 spiro atoms. The van der Waals surface area contributed by atoms with Gasteiger partial charge in [0.15, 0.2) is 0 Å². The third-order valence-corrected chi connectivity index (χ3v) is 4.30. The highest BCUT2D eigenvalue weighted by molar-refractivity contribution is 5.23. The predicted octanol–water partition coefficient (Wildman–Crippen LogP) is 4.19. The van der Waals surface area contributed by atoms with Gasteiger partial charge in [0.05, 0.1) is 0 Å². The van der Waals surface area contributed by atoms with E-state index in [2.05, 4.69) is 19.2 Å². The first-order valence-electron chi connectivity index (χ1n) is 6.97. The Hall–Kier alpha value is -0.890. The van der Waals surface area contributed by atoms with E-state index >= 15 is 0 Å². The second-order valence-electron chi connectivity index (χ2n) is 6.25. The maximum absolute atomic E-state index is 13.5. The minimum Gasteiger partial charge on any atom is -0.309 e. The van der Waals surface area contributed by atoms with Crippen molar-refractivity contribution in [3.63, 3.8) is 0 Å². The molecule has 1 aliphatic rings. The molecule has 1 fully saturated rings. The fourth-order valence-corrected chi connectivity index (χ4v) is 2.86. The van der Waals surface area contributed by atoms with Gasteiger partial charge in [-0.2, -0.15) is 0 Å². The summed E-state index contributed by atoms with van der Waals surface area (Å²) >= 11 is 0. The Kier molecular flexibility index (Phi) is 4.06. The van der Waals surface area contributed by atoms with E-state index in [1.54, 1.807) is 13.0 Å². The summed E-state index contributed by atoms with van der Waals surface area (Å²) in [6.45, 7) is 7.24. The standard InChI is InChI=1S/C16H24FN/c1-12-7-8-13(10-14(12)17)11-18-15-6-4-5-9-16(15,2)3/h7-8,10,15,18H,4-6,9,11H2,1-3H3. The van der Waals surface area contributed by atoms with E-state index in [-0.39, 0.29) is 5.82 Å². The minimum atomic E-state index is -0.0998. The molecule has 0 aromatic heterocycles. The van der Waals surface area contributed by atoms with Crippen LogP contribution in [0.3, 0.4) is 0 Å². The Bertz CT molecular complexity index is 412. The first-order valence-corrected chi connectivity index (χ1v) is 6.97. The molecule has 100 valence electrons. The number of hydrogen-bond donors (Lipinski definition) is 1. The summed E-state index contributed by atoms with van der Waals surface area (Å²) in [6.07, 6.45) is 5.17. The van der Waals surface area contributed by atoms with Gasteiger partial charge < -0.3 is 5.32 Å². The van der Waals surface area contributed by atoms with Crippen LogP contribution >= 0.6 is 0 Å². The third kappa shape index (κ3) is 3.11. The largest absolute Gasteiger partial charge is 0.309 e. The fraction of sp³-hybridized carbons (Fsp3) is 0.625. The van der Waals surface area contributed by atoms with E-state index < -0.39 is 0 Å². The highest BCUT2D eigenvalue weighted by Crippen LogP contribution is 2.35. The van der Waals surface area contributed by atoms with E-state index in [4.69, 9.17) is 0 Å². The zero-order chi connectivity index (χ0) is 13.2. The van der Waals surface area contributed by atoms with Gasteiger partial charge in [0, 0.05) is 12.6 Å². The van der Waals surface area contributed by atoms with Crippen LogP contribution in [-0.2, 0) is 6.54 Å². The van der Waals surface area contributed by atoms with E-state index in [9.17, 15) is 4.39 Å². The number of benzene rings is 1. The topological polar surface area (TPSA) is 12.0 Å². The van der Waals surface area contributed by atoms with Crippen LogP contribution in [0, 0.1) is 18.2 Å². The van der Waals surface area contributed by atoms with Gasteiger partial charge in [-0.05, 0) is 42.4 Å². The van der Waals surface area contributed by atoms with Crippen LogP contribution in [0.15, 0.2) is 18.2 Å². The van der Waals surface area contributed by atoms with Crippen LogP contribution in [-0.4, -0.2) is 6.04 Å². The Morgan fingerprint density at radius 3 is 2.78 bits per heavy atom. The van der Waals surface area contributed by atoms with Crippen molar-refractivity contribution in [1.29, 1.82) is 0 Å². The molecule has 18 heavy (non-hydrogen) atoms. The van der Waals surface area contributed by atoms with E-state index in [1.807, 2.05) is 12.1 Å². The number of nitrogens with one attached hydrogen (secondary N) is 1. The van der Waals surface area contributed by atoms with Crippen LogP contribution in [0.25, 0.3) is 0 Å². The SMILES string of the molecule is Cc1ccc(CNC2CCCCC2(C)C)cc1F. The molecule has 2 rings (SSSR count). The molecule has 0 bridgehead atoms. The fourth-order valence-electron chi connectivity index (χ4n) is 2.86. The van der Waals surface area contributed by atoms with Crippen LogP contribution in [0.5, 0.6) is 0 Å².